The van der Waals surface area contributed by atoms with E-state index in [1.807, 2.05) is 18.2 Å². The molecule has 0 atom stereocenters. The molecule has 0 fully saturated rings. The molecule has 4 heteroatoms. The summed E-state index contributed by atoms with van der Waals surface area (Å²) >= 11 is 6.03. The molecule has 0 bridgehead atoms. The topological polar surface area (TPSA) is 46.5 Å². The lowest BCUT2D eigenvalue weighted by Gasteiger charge is -2.18. The summed E-state index contributed by atoms with van der Waals surface area (Å²) in [4.78, 5) is 11.0. The molecule has 18 heavy (non-hydrogen) atoms. The molecule has 0 unspecified atom stereocenters. The normalized spacial score (nSPS) is 11.3. The molecule has 0 saturated heterocycles. The fraction of sp³-hybridized carbons (Fsp3) is 0.500. The van der Waals surface area contributed by atoms with Crippen molar-refractivity contribution in [2.45, 2.75) is 33.1 Å². The van der Waals surface area contributed by atoms with Crippen LogP contribution in [-0.2, 0) is 11.2 Å². The summed E-state index contributed by atoms with van der Waals surface area (Å²) in [5.74, 6) is -0.0958. The van der Waals surface area contributed by atoms with Gasteiger partial charge in [0, 0.05) is 0 Å². The van der Waals surface area contributed by atoms with Gasteiger partial charge in [0.2, 0.25) is 0 Å². The van der Waals surface area contributed by atoms with Gasteiger partial charge in [-0.25, -0.2) is 0 Å². The quantitative estimate of drug-likeness (QED) is 0.856. The van der Waals surface area contributed by atoms with Crippen molar-refractivity contribution in [2.75, 3.05) is 7.11 Å². The number of halogens is 1. The fourth-order valence-corrected chi connectivity index (χ4v) is 1.99. The Labute approximate surface area is 113 Å². The van der Waals surface area contributed by atoms with E-state index in [0.29, 0.717) is 17.2 Å². The highest BCUT2D eigenvalue weighted by Gasteiger charge is 2.26. The molecule has 0 saturated carbocycles. The van der Waals surface area contributed by atoms with E-state index in [4.69, 9.17) is 21.4 Å². The molecule has 0 heterocycles. The van der Waals surface area contributed by atoms with Crippen LogP contribution in [0.25, 0.3) is 0 Å². The third-order valence-electron chi connectivity index (χ3n) is 3.06. The first-order chi connectivity index (χ1) is 8.36. The van der Waals surface area contributed by atoms with Crippen LogP contribution in [0.4, 0.5) is 0 Å². The number of aliphatic carboxylic acids is 1. The van der Waals surface area contributed by atoms with Crippen molar-refractivity contribution in [3.05, 3.63) is 28.8 Å². The van der Waals surface area contributed by atoms with E-state index >= 15 is 0 Å². The van der Waals surface area contributed by atoms with Crippen molar-refractivity contribution >= 4 is 17.6 Å². The zero-order valence-electron chi connectivity index (χ0n) is 11.0. The second-order valence-corrected chi connectivity index (χ2v) is 5.42. The highest BCUT2D eigenvalue weighted by atomic mass is 35.5. The number of carbonyl (C=O) groups is 1. The standard InChI is InChI=1S/C14H19ClO3/c1-14(2,13(16)17)8-4-5-10-6-7-12(18-3)11(15)9-10/h6-7,9H,4-5,8H2,1-3H3,(H,16,17). The molecule has 0 aliphatic carbocycles. The van der Waals surface area contributed by atoms with E-state index < -0.39 is 11.4 Å². The molecule has 0 radical (unpaired) electrons. The van der Waals surface area contributed by atoms with E-state index in [1.54, 1.807) is 21.0 Å². The maximum Gasteiger partial charge on any atom is 0.309 e. The van der Waals surface area contributed by atoms with Gasteiger partial charge in [0.05, 0.1) is 17.5 Å². The fourth-order valence-electron chi connectivity index (χ4n) is 1.71. The molecule has 1 N–H and O–H groups in total. The van der Waals surface area contributed by atoms with E-state index in [1.165, 1.54) is 0 Å². The van der Waals surface area contributed by atoms with Crippen LogP contribution in [-0.4, -0.2) is 18.2 Å². The van der Waals surface area contributed by atoms with Gasteiger partial charge in [-0.1, -0.05) is 17.7 Å². The van der Waals surface area contributed by atoms with Crippen molar-refractivity contribution in [1.29, 1.82) is 0 Å². The molecule has 1 rings (SSSR count). The van der Waals surface area contributed by atoms with Crippen molar-refractivity contribution in [3.63, 3.8) is 0 Å². The summed E-state index contributed by atoms with van der Waals surface area (Å²) in [6.07, 6.45) is 2.29. The lowest BCUT2D eigenvalue weighted by molar-refractivity contribution is -0.147. The average Bonchev–Trinajstić information content (AvgIpc) is 2.29. The van der Waals surface area contributed by atoms with Crippen LogP contribution < -0.4 is 4.74 Å². The summed E-state index contributed by atoms with van der Waals surface area (Å²) in [7, 11) is 1.58. The van der Waals surface area contributed by atoms with Gasteiger partial charge in [0.15, 0.2) is 0 Å². The van der Waals surface area contributed by atoms with Crippen LogP contribution in [0.1, 0.15) is 32.3 Å². The summed E-state index contributed by atoms with van der Waals surface area (Å²) in [6.45, 7) is 3.49. The number of ether oxygens (including phenoxy) is 1. The van der Waals surface area contributed by atoms with E-state index in [-0.39, 0.29) is 0 Å². The Morgan fingerprint density at radius 1 is 1.44 bits per heavy atom. The van der Waals surface area contributed by atoms with E-state index in [2.05, 4.69) is 0 Å². The predicted molar refractivity (Wildman–Crippen MR) is 72.4 cm³/mol. The largest absolute Gasteiger partial charge is 0.495 e. The molecule has 0 spiro atoms. The van der Waals surface area contributed by atoms with Gasteiger partial charge in [-0.05, 0) is 50.8 Å². The predicted octanol–water partition coefficient (Wildman–Crippen LogP) is 3.78. The molecule has 100 valence electrons. The van der Waals surface area contributed by atoms with Gasteiger partial charge in [-0.3, -0.25) is 4.79 Å². The third-order valence-corrected chi connectivity index (χ3v) is 3.36. The summed E-state index contributed by atoms with van der Waals surface area (Å²) in [5, 5.41) is 9.60. The summed E-state index contributed by atoms with van der Waals surface area (Å²) in [5.41, 5.74) is 0.429. The molecule has 1 aromatic rings. The van der Waals surface area contributed by atoms with Crippen molar-refractivity contribution < 1.29 is 14.6 Å². The number of hydrogen-bond acceptors (Lipinski definition) is 2. The summed E-state index contributed by atoms with van der Waals surface area (Å²) < 4.78 is 5.08. The van der Waals surface area contributed by atoms with Gasteiger partial charge < -0.3 is 9.84 Å². The number of carboxylic acid groups (broad SMARTS) is 1. The smallest absolute Gasteiger partial charge is 0.309 e. The monoisotopic (exact) mass is 270 g/mol. The number of carboxylic acids is 1. The van der Waals surface area contributed by atoms with E-state index in [9.17, 15) is 4.79 Å². The zero-order chi connectivity index (χ0) is 13.8. The Balaban J connectivity index is 2.55. The molecule has 0 amide bonds. The number of rotatable bonds is 6. The van der Waals surface area contributed by atoms with Gasteiger partial charge in [-0.2, -0.15) is 0 Å². The van der Waals surface area contributed by atoms with Crippen LogP contribution >= 0.6 is 11.6 Å². The Kier molecular flexibility index (Phi) is 5.03. The minimum absolute atomic E-state index is 0.590. The Bertz CT molecular complexity index is 427. The first-order valence-electron chi connectivity index (χ1n) is 5.92. The van der Waals surface area contributed by atoms with Crippen LogP contribution in [0.2, 0.25) is 5.02 Å². The lowest BCUT2D eigenvalue weighted by atomic mass is 9.87. The minimum atomic E-state index is -0.754. The first-order valence-corrected chi connectivity index (χ1v) is 6.30. The van der Waals surface area contributed by atoms with Crippen molar-refractivity contribution in [3.8, 4) is 5.75 Å². The molecule has 0 aliphatic heterocycles. The maximum atomic E-state index is 11.0. The first kappa shape index (κ1) is 14.8. The second-order valence-electron chi connectivity index (χ2n) is 5.01. The number of methoxy groups -OCH3 is 1. The average molecular weight is 271 g/mol. The third kappa shape index (κ3) is 3.91. The van der Waals surface area contributed by atoms with Crippen LogP contribution in [0.15, 0.2) is 18.2 Å². The van der Waals surface area contributed by atoms with Gasteiger partial charge in [0.1, 0.15) is 5.75 Å². The highest BCUT2D eigenvalue weighted by molar-refractivity contribution is 6.32. The Morgan fingerprint density at radius 3 is 2.61 bits per heavy atom. The minimum Gasteiger partial charge on any atom is -0.495 e. The van der Waals surface area contributed by atoms with E-state index in [0.717, 1.165) is 18.4 Å². The SMILES string of the molecule is COc1ccc(CCCC(C)(C)C(=O)O)cc1Cl. The molecular formula is C14H19ClO3. The lowest BCUT2D eigenvalue weighted by Crippen LogP contribution is -2.23. The van der Waals surface area contributed by atoms with Crippen molar-refractivity contribution in [1.82, 2.24) is 0 Å². The van der Waals surface area contributed by atoms with Crippen LogP contribution in [0, 0.1) is 5.41 Å². The van der Waals surface area contributed by atoms with Gasteiger partial charge >= 0.3 is 5.97 Å². The second kappa shape index (κ2) is 6.10. The van der Waals surface area contributed by atoms with Crippen molar-refractivity contribution in [2.24, 2.45) is 5.41 Å². The Hall–Kier alpha value is -1.22. The Morgan fingerprint density at radius 2 is 2.11 bits per heavy atom. The van der Waals surface area contributed by atoms with Gasteiger partial charge in [0.25, 0.3) is 0 Å². The highest BCUT2D eigenvalue weighted by Crippen LogP contribution is 2.27. The number of benzene rings is 1. The maximum absolute atomic E-state index is 11.0. The van der Waals surface area contributed by atoms with Gasteiger partial charge in [-0.15, -0.1) is 0 Å². The van der Waals surface area contributed by atoms with Crippen LogP contribution in [0.3, 0.4) is 0 Å². The number of aryl methyl sites for hydroxylation is 1. The summed E-state index contributed by atoms with van der Waals surface area (Å²) in [6, 6.07) is 5.66. The molecule has 0 aliphatic rings. The van der Waals surface area contributed by atoms with Crippen LogP contribution in [0.5, 0.6) is 5.75 Å². The molecule has 3 nitrogen and oxygen atoms in total. The molecule has 1 aromatic carbocycles. The molecule has 0 aromatic heterocycles. The number of hydrogen-bond donors (Lipinski definition) is 1. The zero-order valence-corrected chi connectivity index (χ0v) is 11.8. The molecular weight excluding hydrogens is 252 g/mol.